The van der Waals surface area contributed by atoms with Gasteiger partial charge in [0.1, 0.15) is 0 Å². The Kier molecular flexibility index (Phi) is 2.63. The first kappa shape index (κ1) is 8.85. The molecule has 2 rings (SSSR count). The molecule has 0 amide bonds. The quantitative estimate of drug-likeness (QED) is 0.602. The molecule has 0 aromatic rings. The van der Waals surface area contributed by atoms with E-state index in [2.05, 4.69) is 29.0 Å². The Morgan fingerprint density at radius 2 is 2.42 bits per heavy atom. The van der Waals surface area contributed by atoms with Crippen molar-refractivity contribution < 1.29 is 0 Å². The molecule has 12 heavy (non-hydrogen) atoms. The van der Waals surface area contributed by atoms with Crippen LogP contribution in [0.15, 0.2) is 0 Å². The van der Waals surface area contributed by atoms with Crippen LogP contribution in [0.1, 0.15) is 12.8 Å². The highest BCUT2D eigenvalue weighted by atomic mass is 32.2. The van der Waals surface area contributed by atoms with Crippen molar-refractivity contribution in [2.24, 2.45) is 0 Å². The van der Waals surface area contributed by atoms with Crippen LogP contribution in [0.5, 0.6) is 0 Å². The first-order chi connectivity index (χ1) is 5.83. The third-order valence-electron chi connectivity index (χ3n) is 3.20. The van der Waals surface area contributed by atoms with Crippen molar-refractivity contribution in [1.82, 2.24) is 10.2 Å². The minimum Gasteiger partial charge on any atom is -0.315 e. The average molecular weight is 186 g/mol. The summed E-state index contributed by atoms with van der Waals surface area (Å²) in [7, 11) is 2.28. The molecular formula is C9H18N2S. The summed E-state index contributed by atoms with van der Waals surface area (Å²) >= 11 is 2.12. The Labute approximate surface area is 79.1 Å². The van der Waals surface area contributed by atoms with Crippen molar-refractivity contribution in [3.8, 4) is 0 Å². The molecule has 1 N–H and O–H groups in total. The molecule has 2 aliphatic rings. The van der Waals surface area contributed by atoms with Crippen molar-refractivity contribution in [1.29, 1.82) is 0 Å². The molecule has 0 radical (unpaired) electrons. The second kappa shape index (κ2) is 3.56. The summed E-state index contributed by atoms with van der Waals surface area (Å²) in [5.74, 6) is 2.65. The van der Waals surface area contributed by atoms with Crippen molar-refractivity contribution in [3.05, 3.63) is 0 Å². The number of nitrogens with zero attached hydrogens (tertiary/aromatic N) is 1. The third kappa shape index (κ3) is 1.50. The molecule has 0 bridgehead atoms. The van der Waals surface area contributed by atoms with E-state index in [1.807, 2.05) is 0 Å². The highest BCUT2D eigenvalue weighted by Crippen LogP contribution is 2.30. The maximum absolute atomic E-state index is 3.52. The van der Waals surface area contributed by atoms with Crippen LogP contribution in [0.3, 0.4) is 0 Å². The van der Waals surface area contributed by atoms with Crippen LogP contribution in [-0.2, 0) is 0 Å². The predicted octanol–water partition coefficient (Wildman–Crippen LogP) is 0.787. The number of hydrogen-bond donors (Lipinski definition) is 1. The Morgan fingerprint density at radius 1 is 1.50 bits per heavy atom. The normalized spacial score (nSPS) is 38.8. The lowest BCUT2D eigenvalue weighted by molar-refractivity contribution is 0.112. The van der Waals surface area contributed by atoms with Gasteiger partial charge in [-0.25, -0.2) is 0 Å². The summed E-state index contributed by atoms with van der Waals surface area (Å²) in [5.41, 5.74) is 0.501. The number of nitrogens with one attached hydrogen (secondary N) is 1. The topological polar surface area (TPSA) is 15.3 Å². The lowest BCUT2D eigenvalue weighted by Gasteiger charge is -2.47. The van der Waals surface area contributed by atoms with Crippen LogP contribution in [-0.4, -0.2) is 48.6 Å². The number of piperidine rings is 1. The predicted molar refractivity (Wildman–Crippen MR) is 54.8 cm³/mol. The van der Waals surface area contributed by atoms with Crippen molar-refractivity contribution >= 4 is 11.8 Å². The Morgan fingerprint density at radius 3 is 3.08 bits per heavy atom. The third-order valence-corrected chi connectivity index (χ3v) is 4.41. The molecule has 1 spiro atoms. The summed E-state index contributed by atoms with van der Waals surface area (Å²) < 4.78 is 0. The molecule has 2 nitrogen and oxygen atoms in total. The fraction of sp³-hybridized carbons (Fsp3) is 1.00. The van der Waals surface area contributed by atoms with Gasteiger partial charge in [-0.3, -0.25) is 4.90 Å². The van der Waals surface area contributed by atoms with E-state index in [1.54, 1.807) is 0 Å². The van der Waals surface area contributed by atoms with Gasteiger partial charge in [0.05, 0.1) is 0 Å². The van der Waals surface area contributed by atoms with Crippen LogP contribution < -0.4 is 5.32 Å². The van der Waals surface area contributed by atoms with Gasteiger partial charge in [-0.05, 0) is 26.4 Å². The molecule has 70 valence electrons. The van der Waals surface area contributed by atoms with E-state index in [-0.39, 0.29) is 0 Å². The number of likely N-dealkylation sites (N-methyl/N-ethyl adjacent to an activating group) is 1. The summed E-state index contributed by atoms with van der Waals surface area (Å²) in [6.45, 7) is 3.70. The molecule has 2 fully saturated rings. The minimum atomic E-state index is 0.501. The Balaban J connectivity index is 2.04. The van der Waals surface area contributed by atoms with E-state index in [1.165, 1.54) is 44.0 Å². The number of rotatable bonds is 0. The fourth-order valence-electron chi connectivity index (χ4n) is 2.21. The summed E-state index contributed by atoms with van der Waals surface area (Å²) in [6.07, 6.45) is 2.74. The van der Waals surface area contributed by atoms with Gasteiger partial charge in [-0.15, -0.1) is 0 Å². The maximum atomic E-state index is 3.52. The van der Waals surface area contributed by atoms with Gasteiger partial charge in [0.15, 0.2) is 0 Å². The molecule has 1 atom stereocenters. The SMILES string of the molecule is CN1CCSCC12CCCNC2. The molecule has 0 aromatic carbocycles. The summed E-state index contributed by atoms with van der Waals surface area (Å²) in [6, 6.07) is 0. The number of hydrogen-bond acceptors (Lipinski definition) is 3. The van der Waals surface area contributed by atoms with E-state index in [9.17, 15) is 0 Å². The van der Waals surface area contributed by atoms with Crippen LogP contribution >= 0.6 is 11.8 Å². The Hall–Kier alpha value is 0.270. The van der Waals surface area contributed by atoms with E-state index in [4.69, 9.17) is 0 Å². The molecule has 0 aromatic heterocycles. The lowest BCUT2D eigenvalue weighted by Crippen LogP contribution is -2.60. The van der Waals surface area contributed by atoms with Crippen molar-refractivity contribution in [2.45, 2.75) is 18.4 Å². The van der Waals surface area contributed by atoms with Crippen LogP contribution in [0, 0.1) is 0 Å². The second-order valence-corrected chi connectivity index (χ2v) is 5.08. The average Bonchev–Trinajstić information content (AvgIpc) is 2.12. The van der Waals surface area contributed by atoms with E-state index < -0.39 is 0 Å². The van der Waals surface area contributed by atoms with Crippen LogP contribution in [0.25, 0.3) is 0 Å². The van der Waals surface area contributed by atoms with Crippen molar-refractivity contribution in [3.63, 3.8) is 0 Å². The first-order valence-corrected chi connectivity index (χ1v) is 5.99. The number of thioether (sulfide) groups is 1. The molecule has 2 aliphatic heterocycles. The molecule has 0 aliphatic carbocycles. The molecule has 1 unspecified atom stereocenters. The summed E-state index contributed by atoms with van der Waals surface area (Å²) in [5, 5.41) is 3.52. The van der Waals surface area contributed by atoms with E-state index in [0.29, 0.717) is 5.54 Å². The molecule has 0 saturated carbocycles. The lowest BCUT2D eigenvalue weighted by atomic mass is 9.90. The standard InChI is InChI=1S/C9H18N2S/c1-11-5-6-12-8-9(11)3-2-4-10-7-9/h10H,2-8H2,1H3. The summed E-state index contributed by atoms with van der Waals surface area (Å²) in [4.78, 5) is 2.57. The van der Waals surface area contributed by atoms with Gasteiger partial charge in [-0.1, -0.05) is 0 Å². The van der Waals surface area contributed by atoms with Gasteiger partial charge < -0.3 is 5.32 Å². The highest BCUT2D eigenvalue weighted by molar-refractivity contribution is 7.99. The zero-order chi connectivity index (χ0) is 8.44. The van der Waals surface area contributed by atoms with Crippen LogP contribution in [0.4, 0.5) is 0 Å². The molecule has 3 heteroatoms. The van der Waals surface area contributed by atoms with Gasteiger partial charge in [0, 0.05) is 30.1 Å². The first-order valence-electron chi connectivity index (χ1n) is 4.83. The minimum absolute atomic E-state index is 0.501. The second-order valence-electron chi connectivity index (χ2n) is 3.98. The van der Waals surface area contributed by atoms with E-state index in [0.717, 1.165) is 0 Å². The van der Waals surface area contributed by atoms with Crippen molar-refractivity contribution in [2.75, 3.05) is 38.2 Å². The molecule has 2 heterocycles. The molecular weight excluding hydrogens is 168 g/mol. The monoisotopic (exact) mass is 186 g/mol. The van der Waals surface area contributed by atoms with Gasteiger partial charge in [0.25, 0.3) is 0 Å². The highest BCUT2D eigenvalue weighted by Gasteiger charge is 2.37. The van der Waals surface area contributed by atoms with Gasteiger partial charge in [0.2, 0.25) is 0 Å². The van der Waals surface area contributed by atoms with Crippen LogP contribution in [0.2, 0.25) is 0 Å². The smallest absolute Gasteiger partial charge is 0.0421 e. The largest absolute Gasteiger partial charge is 0.315 e. The Bertz CT molecular complexity index is 146. The zero-order valence-corrected chi connectivity index (χ0v) is 8.62. The molecule has 2 saturated heterocycles. The van der Waals surface area contributed by atoms with Gasteiger partial charge in [-0.2, -0.15) is 11.8 Å². The fourth-order valence-corrected chi connectivity index (χ4v) is 3.61. The van der Waals surface area contributed by atoms with E-state index >= 15 is 0 Å². The zero-order valence-electron chi connectivity index (χ0n) is 7.81. The maximum Gasteiger partial charge on any atom is 0.0421 e. The van der Waals surface area contributed by atoms with Gasteiger partial charge >= 0.3 is 0 Å².